The zero-order valence-electron chi connectivity index (χ0n) is 12.5. The van der Waals surface area contributed by atoms with Gasteiger partial charge in [-0.1, -0.05) is 13.3 Å². The van der Waals surface area contributed by atoms with Crippen molar-refractivity contribution in [1.82, 2.24) is 9.47 Å². The lowest BCUT2D eigenvalue weighted by atomic mass is 9.73. The lowest BCUT2D eigenvalue weighted by molar-refractivity contribution is -0.162. The minimum atomic E-state index is -1.13. The highest BCUT2D eigenvalue weighted by Gasteiger charge is 2.48. The summed E-state index contributed by atoms with van der Waals surface area (Å²) in [6.07, 6.45) is 2.15. The lowest BCUT2D eigenvalue weighted by Crippen LogP contribution is -2.56. The van der Waals surface area contributed by atoms with Crippen molar-refractivity contribution < 1.29 is 19.8 Å². The number of hydrogen-bond acceptors (Lipinski definition) is 3. The van der Waals surface area contributed by atoms with E-state index in [0.717, 1.165) is 0 Å². The third-order valence-corrected chi connectivity index (χ3v) is 4.43. The quantitative estimate of drug-likeness (QED) is 0.871. The van der Waals surface area contributed by atoms with Crippen LogP contribution in [0.5, 0.6) is 0 Å². The molecule has 0 unspecified atom stereocenters. The highest BCUT2D eigenvalue weighted by atomic mass is 16.4. The van der Waals surface area contributed by atoms with Crippen molar-refractivity contribution in [3.63, 3.8) is 0 Å². The van der Waals surface area contributed by atoms with E-state index in [4.69, 9.17) is 0 Å². The van der Waals surface area contributed by atoms with E-state index in [2.05, 4.69) is 0 Å². The minimum absolute atomic E-state index is 0.0658. The number of carbonyl (C=O) groups excluding carboxylic acids is 1. The number of amides is 1. The molecule has 2 heterocycles. The molecule has 0 radical (unpaired) electrons. The Morgan fingerprint density at radius 2 is 2.19 bits per heavy atom. The molecule has 6 nitrogen and oxygen atoms in total. The molecule has 116 valence electrons. The fraction of sp³-hybridized carbons (Fsp3) is 0.600. The standard InChI is InChI=1S/C15H22N2O4/c1-3-6-15(14(20)21)7-9-17(10-12(15)18)13(19)11-5-4-8-16(11)2/h4-5,8,12,18H,3,6-7,9-10H2,1-2H3,(H,20,21)/t12-,15+/m1/s1. The number of carboxylic acid groups (broad SMARTS) is 1. The molecule has 2 atom stereocenters. The average Bonchev–Trinajstić information content (AvgIpc) is 2.86. The fourth-order valence-corrected chi connectivity index (χ4v) is 3.10. The molecule has 1 aromatic heterocycles. The topological polar surface area (TPSA) is 82.8 Å². The Labute approximate surface area is 124 Å². The molecule has 21 heavy (non-hydrogen) atoms. The smallest absolute Gasteiger partial charge is 0.312 e. The third-order valence-electron chi connectivity index (χ3n) is 4.43. The Hall–Kier alpha value is -1.82. The van der Waals surface area contributed by atoms with Gasteiger partial charge in [-0.05, 0) is 25.0 Å². The van der Waals surface area contributed by atoms with Crippen LogP contribution in [0.25, 0.3) is 0 Å². The van der Waals surface area contributed by atoms with E-state index in [1.165, 1.54) is 4.90 Å². The van der Waals surface area contributed by atoms with Gasteiger partial charge in [-0.15, -0.1) is 0 Å². The number of aliphatic hydroxyl groups excluding tert-OH is 1. The molecule has 0 bridgehead atoms. The summed E-state index contributed by atoms with van der Waals surface area (Å²) in [5, 5.41) is 19.8. The second kappa shape index (κ2) is 5.89. The molecule has 1 aliphatic rings. The Bertz CT molecular complexity index is 540. The number of β-amino-alcohol motifs (C(OH)–C–C–N with tert-alkyl or cyclic N) is 1. The Morgan fingerprint density at radius 3 is 2.67 bits per heavy atom. The van der Waals surface area contributed by atoms with E-state index >= 15 is 0 Å². The van der Waals surface area contributed by atoms with Crippen LogP contribution in [0.1, 0.15) is 36.7 Å². The molecule has 0 spiro atoms. The maximum absolute atomic E-state index is 12.4. The molecule has 1 saturated heterocycles. The summed E-state index contributed by atoms with van der Waals surface area (Å²) in [6, 6.07) is 3.51. The van der Waals surface area contributed by atoms with Gasteiger partial charge < -0.3 is 19.7 Å². The Morgan fingerprint density at radius 1 is 1.48 bits per heavy atom. The summed E-state index contributed by atoms with van der Waals surface area (Å²) in [6.45, 7) is 2.32. The number of carbonyl (C=O) groups is 2. The number of aliphatic carboxylic acids is 1. The number of likely N-dealkylation sites (tertiary alicyclic amines) is 1. The first-order chi connectivity index (χ1) is 9.92. The van der Waals surface area contributed by atoms with E-state index in [0.29, 0.717) is 25.1 Å². The summed E-state index contributed by atoms with van der Waals surface area (Å²) in [4.78, 5) is 25.5. The van der Waals surface area contributed by atoms with Crippen LogP contribution in [-0.4, -0.2) is 50.8 Å². The number of aliphatic hydroxyl groups is 1. The average molecular weight is 294 g/mol. The first-order valence-electron chi connectivity index (χ1n) is 7.24. The maximum Gasteiger partial charge on any atom is 0.312 e. The van der Waals surface area contributed by atoms with Crippen LogP contribution in [0, 0.1) is 5.41 Å². The van der Waals surface area contributed by atoms with Gasteiger partial charge in [-0.2, -0.15) is 0 Å². The van der Waals surface area contributed by atoms with E-state index in [-0.39, 0.29) is 18.9 Å². The van der Waals surface area contributed by atoms with Gasteiger partial charge in [0.2, 0.25) is 0 Å². The van der Waals surface area contributed by atoms with E-state index in [9.17, 15) is 19.8 Å². The summed E-state index contributed by atoms with van der Waals surface area (Å²) in [5.74, 6) is -1.14. The maximum atomic E-state index is 12.4. The van der Waals surface area contributed by atoms with Crippen LogP contribution in [-0.2, 0) is 11.8 Å². The summed E-state index contributed by atoms with van der Waals surface area (Å²) in [5.41, 5.74) is -0.583. The fourth-order valence-electron chi connectivity index (χ4n) is 3.10. The number of aryl methyl sites for hydroxylation is 1. The highest BCUT2D eigenvalue weighted by molar-refractivity contribution is 5.93. The number of hydrogen-bond donors (Lipinski definition) is 2. The second-order valence-electron chi connectivity index (χ2n) is 5.73. The van der Waals surface area contributed by atoms with Gasteiger partial charge in [0.25, 0.3) is 5.91 Å². The first kappa shape index (κ1) is 15.6. The van der Waals surface area contributed by atoms with Crippen molar-refractivity contribution in [2.24, 2.45) is 12.5 Å². The molecule has 1 fully saturated rings. The molecule has 1 aliphatic heterocycles. The minimum Gasteiger partial charge on any atom is -0.481 e. The van der Waals surface area contributed by atoms with Gasteiger partial charge in [0.15, 0.2) is 0 Å². The van der Waals surface area contributed by atoms with E-state index in [1.54, 1.807) is 29.9 Å². The highest BCUT2D eigenvalue weighted by Crippen LogP contribution is 2.37. The van der Waals surface area contributed by atoms with Crippen LogP contribution < -0.4 is 0 Å². The van der Waals surface area contributed by atoms with Crippen LogP contribution in [0.2, 0.25) is 0 Å². The van der Waals surface area contributed by atoms with Crippen LogP contribution in [0.3, 0.4) is 0 Å². The van der Waals surface area contributed by atoms with E-state index in [1.807, 2.05) is 6.92 Å². The molecule has 0 saturated carbocycles. The van der Waals surface area contributed by atoms with Crippen LogP contribution >= 0.6 is 0 Å². The molecule has 1 aromatic rings. The Kier molecular flexibility index (Phi) is 4.37. The van der Waals surface area contributed by atoms with Gasteiger partial charge in [-0.25, -0.2) is 0 Å². The van der Waals surface area contributed by atoms with Crippen molar-refractivity contribution in [2.75, 3.05) is 13.1 Å². The van der Waals surface area contributed by atoms with Gasteiger partial charge in [0, 0.05) is 26.3 Å². The molecule has 2 rings (SSSR count). The molecule has 0 aliphatic carbocycles. The van der Waals surface area contributed by atoms with Gasteiger partial charge in [-0.3, -0.25) is 9.59 Å². The summed E-state index contributed by atoms with van der Waals surface area (Å²) < 4.78 is 1.72. The predicted octanol–water partition coefficient (Wildman–Crippen LogP) is 1.10. The molecular formula is C15H22N2O4. The third kappa shape index (κ3) is 2.68. The van der Waals surface area contributed by atoms with Crippen LogP contribution in [0.15, 0.2) is 18.3 Å². The van der Waals surface area contributed by atoms with Crippen molar-refractivity contribution in [1.29, 1.82) is 0 Å². The molecular weight excluding hydrogens is 272 g/mol. The zero-order chi connectivity index (χ0) is 15.6. The molecule has 2 N–H and O–H groups in total. The Balaban J connectivity index is 2.15. The van der Waals surface area contributed by atoms with Gasteiger partial charge >= 0.3 is 5.97 Å². The monoisotopic (exact) mass is 294 g/mol. The van der Waals surface area contributed by atoms with Crippen molar-refractivity contribution in [3.05, 3.63) is 24.0 Å². The number of nitrogens with zero attached hydrogens (tertiary/aromatic N) is 2. The predicted molar refractivity (Wildman–Crippen MR) is 76.9 cm³/mol. The molecule has 1 amide bonds. The van der Waals surface area contributed by atoms with Crippen molar-refractivity contribution in [2.45, 2.75) is 32.3 Å². The first-order valence-corrected chi connectivity index (χ1v) is 7.24. The van der Waals surface area contributed by atoms with Crippen molar-refractivity contribution >= 4 is 11.9 Å². The number of aromatic nitrogens is 1. The van der Waals surface area contributed by atoms with Crippen molar-refractivity contribution in [3.8, 4) is 0 Å². The second-order valence-corrected chi connectivity index (χ2v) is 5.73. The SMILES string of the molecule is CCC[C@]1(C(=O)O)CCN(C(=O)c2cccn2C)C[C@H]1O. The van der Waals surface area contributed by atoms with Crippen LogP contribution in [0.4, 0.5) is 0 Å². The normalized spacial score (nSPS) is 25.9. The largest absolute Gasteiger partial charge is 0.481 e. The number of carboxylic acids is 1. The zero-order valence-corrected chi connectivity index (χ0v) is 12.5. The van der Waals surface area contributed by atoms with Gasteiger partial charge in [0.1, 0.15) is 5.69 Å². The summed E-state index contributed by atoms with van der Waals surface area (Å²) in [7, 11) is 1.78. The molecule has 6 heteroatoms. The summed E-state index contributed by atoms with van der Waals surface area (Å²) >= 11 is 0. The molecule has 0 aromatic carbocycles. The number of rotatable bonds is 4. The van der Waals surface area contributed by atoms with E-state index < -0.39 is 17.5 Å². The van der Waals surface area contributed by atoms with Gasteiger partial charge in [0.05, 0.1) is 11.5 Å². The number of piperidine rings is 1. The lowest BCUT2D eigenvalue weighted by Gasteiger charge is -2.42.